The zero-order valence-electron chi connectivity index (χ0n) is 11.8. The topological polar surface area (TPSA) is 35.5 Å². The lowest BCUT2D eigenvalue weighted by atomic mass is 9.98. The highest BCUT2D eigenvalue weighted by molar-refractivity contribution is 9.10. The summed E-state index contributed by atoms with van der Waals surface area (Å²) in [5, 5.41) is 0. The minimum atomic E-state index is -2.94. The quantitative estimate of drug-likeness (QED) is 0.723. The van der Waals surface area contributed by atoms with E-state index in [9.17, 15) is 13.6 Å². The summed E-state index contributed by atoms with van der Waals surface area (Å²) in [5.74, 6) is 0.338. The highest BCUT2D eigenvalue weighted by Crippen LogP contribution is 2.31. The van der Waals surface area contributed by atoms with E-state index in [0.717, 1.165) is 0 Å². The number of fused-ring (bicyclic) bond motifs is 1. The minimum absolute atomic E-state index is 0.00218. The Hall–Kier alpha value is -2.21. The summed E-state index contributed by atoms with van der Waals surface area (Å²) in [6.07, 6.45) is 1.51. The lowest BCUT2D eigenvalue weighted by Gasteiger charge is -2.19. The van der Waals surface area contributed by atoms with Crippen LogP contribution in [0.1, 0.15) is 15.9 Å². The Labute approximate surface area is 139 Å². The van der Waals surface area contributed by atoms with Crippen LogP contribution in [0, 0.1) is 0 Å². The van der Waals surface area contributed by atoms with Gasteiger partial charge in [-0.3, -0.25) is 4.79 Å². The molecule has 3 nitrogen and oxygen atoms in total. The number of rotatable bonds is 3. The second-order valence-electron chi connectivity index (χ2n) is 4.84. The highest BCUT2D eigenvalue weighted by atomic mass is 79.9. The average Bonchev–Trinajstić information content (AvgIpc) is 2.52. The van der Waals surface area contributed by atoms with Crippen LogP contribution in [-0.2, 0) is 0 Å². The van der Waals surface area contributed by atoms with Crippen LogP contribution in [0.25, 0.3) is 6.08 Å². The molecule has 0 saturated heterocycles. The third-order valence-electron chi connectivity index (χ3n) is 3.32. The van der Waals surface area contributed by atoms with Gasteiger partial charge in [-0.05, 0) is 36.4 Å². The number of para-hydroxylation sites is 1. The maximum Gasteiger partial charge on any atom is 0.387 e. The summed E-state index contributed by atoms with van der Waals surface area (Å²) in [7, 11) is 0. The number of hydrogen-bond donors (Lipinski definition) is 0. The summed E-state index contributed by atoms with van der Waals surface area (Å²) in [4.78, 5) is 12.5. The fourth-order valence-electron chi connectivity index (χ4n) is 2.30. The van der Waals surface area contributed by atoms with Gasteiger partial charge in [0.2, 0.25) is 0 Å². The zero-order valence-corrected chi connectivity index (χ0v) is 13.3. The molecule has 2 aromatic carbocycles. The smallest absolute Gasteiger partial charge is 0.387 e. The molecule has 0 bridgehead atoms. The van der Waals surface area contributed by atoms with Crippen molar-refractivity contribution in [2.75, 3.05) is 6.61 Å². The maximum atomic E-state index is 12.5. The normalized spacial score (nSPS) is 15.5. The van der Waals surface area contributed by atoms with Crippen LogP contribution >= 0.6 is 15.9 Å². The van der Waals surface area contributed by atoms with Crippen molar-refractivity contribution in [2.24, 2.45) is 0 Å². The van der Waals surface area contributed by atoms with Crippen molar-refractivity contribution in [2.45, 2.75) is 6.61 Å². The van der Waals surface area contributed by atoms with E-state index in [1.54, 1.807) is 36.4 Å². The van der Waals surface area contributed by atoms with Crippen LogP contribution in [-0.4, -0.2) is 19.0 Å². The Morgan fingerprint density at radius 2 is 2.00 bits per heavy atom. The summed E-state index contributed by atoms with van der Waals surface area (Å²) < 4.78 is 35.7. The van der Waals surface area contributed by atoms with Gasteiger partial charge in [0.05, 0.1) is 5.56 Å². The number of ether oxygens (including phenoxy) is 2. The van der Waals surface area contributed by atoms with Crippen LogP contribution in [0.5, 0.6) is 11.5 Å². The number of benzene rings is 2. The first-order valence-electron chi connectivity index (χ1n) is 6.76. The van der Waals surface area contributed by atoms with Crippen LogP contribution in [0.4, 0.5) is 8.78 Å². The van der Waals surface area contributed by atoms with E-state index in [2.05, 4.69) is 20.7 Å². The van der Waals surface area contributed by atoms with Crippen LogP contribution < -0.4 is 9.47 Å². The number of hydrogen-bond acceptors (Lipinski definition) is 3. The first kappa shape index (κ1) is 15.7. The SMILES string of the molecule is O=C1/C(=C/c2cc(Br)ccc2OC(F)F)COc2ccccc21. The molecule has 0 amide bonds. The summed E-state index contributed by atoms with van der Waals surface area (Å²) in [5.41, 5.74) is 1.21. The molecule has 6 heteroatoms. The predicted molar refractivity (Wildman–Crippen MR) is 85.0 cm³/mol. The van der Waals surface area contributed by atoms with Gasteiger partial charge in [0.15, 0.2) is 5.78 Å². The number of Topliss-reactive ketones (excluding diaryl/α,β-unsaturated/α-hetero) is 1. The summed E-state index contributed by atoms with van der Waals surface area (Å²) in [6, 6.07) is 11.5. The van der Waals surface area contributed by atoms with Crippen molar-refractivity contribution >= 4 is 27.8 Å². The number of ketones is 1. The number of alkyl halides is 2. The van der Waals surface area contributed by atoms with E-state index in [4.69, 9.17) is 4.74 Å². The third-order valence-corrected chi connectivity index (χ3v) is 3.82. The van der Waals surface area contributed by atoms with Crippen molar-refractivity contribution in [3.8, 4) is 11.5 Å². The van der Waals surface area contributed by atoms with E-state index in [1.807, 2.05) is 0 Å². The Balaban J connectivity index is 1.99. The molecule has 0 atom stereocenters. The van der Waals surface area contributed by atoms with Gasteiger partial charge in [-0.15, -0.1) is 0 Å². The Morgan fingerprint density at radius 1 is 1.22 bits per heavy atom. The summed E-state index contributed by atoms with van der Waals surface area (Å²) >= 11 is 3.28. The van der Waals surface area contributed by atoms with Crippen molar-refractivity contribution in [1.29, 1.82) is 0 Å². The van der Waals surface area contributed by atoms with Gasteiger partial charge < -0.3 is 9.47 Å². The first-order valence-corrected chi connectivity index (χ1v) is 7.55. The van der Waals surface area contributed by atoms with Gasteiger partial charge in [0, 0.05) is 15.6 Å². The molecule has 118 valence electrons. The molecule has 0 saturated carbocycles. The van der Waals surface area contributed by atoms with Crippen molar-refractivity contribution in [3.05, 3.63) is 63.6 Å². The largest absolute Gasteiger partial charge is 0.488 e. The minimum Gasteiger partial charge on any atom is -0.488 e. The van der Waals surface area contributed by atoms with E-state index >= 15 is 0 Å². The number of carbonyl (C=O) groups is 1. The molecule has 0 aromatic heterocycles. The first-order chi connectivity index (χ1) is 11.0. The zero-order chi connectivity index (χ0) is 16.4. The standard InChI is InChI=1S/C17H11BrF2O3/c18-12-5-6-14(23-17(19)20)10(8-12)7-11-9-22-15-4-2-1-3-13(15)16(11)21/h1-8,17H,9H2/b11-7+. The molecule has 3 rings (SSSR count). The van der Waals surface area contributed by atoms with Crippen molar-refractivity contribution in [1.82, 2.24) is 0 Å². The second-order valence-corrected chi connectivity index (χ2v) is 5.76. The highest BCUT2D eigenvalue weighted by Gasteiger charge is 2.23. The van der Waals surface area contributed by atoms with E-state index < -0.39 is 6.61 Å². The van der Waals surface area contributed by atoms with Gasteiger partial charge in [-0.2, -0.15) is 8.78 Å². The van der Waals surface area contributed by atoms with Crippen molar-refractivity contribution < 1.29 is 23.0 Å². The lowest BCUT2D eigenvalue weighted by molar-refractivity contribution is -0.0500. The molecule has 0 fully saturated rings. The molecule has 1 aliphatic heterocycles. The maximum absolute atomic E-state index is 12.5. The monoisotopic (exact) mass is 380 g/mol. The molecule has 0 unspecified atom stereocenters. The van der Waals surface area contributed by atoms with Gasteiger partial charge in [0.25, 0.3) is 0 Å². The van der Waals surface area contributed by atoms with Gasteiger partial charge >= 0.3 is 6.61 Å². The Morgan fingerprint density at radius 3 is 2.78 bits per heavy atom. The second kappa shape index (κ2) is 6.50. The van der Waals surface area contributed by atoms with E-state index in [0.29, 0.717) is 26.9 Å². The van der Waals surface area contributed by atoms with Crippen LogP contribution in [0.2, 0.25) is 0 Å². The molecule has 1 aliphatic rings. The average molecular weight is 381 g/mol. The fourth-order valence-corrected chi connectivity index (χ4v) is 2.68. The predicted octanol–water partition coefficient (Wildman–Crippen LogP) is 4.71. The van der Waals surface area contributed by atoms with Gasteiger partial charge in [-0.25, -0.2) is 0 Å². The molecule has 0 aliphatic carbocycles. The van der Waals surface area contributed by atoms with Gasteiger partial charge in [0.1, 0.15) is 18.1 Å². The molecule has 2 aromatic rings. The Bertz CT molecular complexity index is 787. The molecule has 0 spiro atoms. The van der Waals surface area contributed by atoms with Crippen LogP contribution in [0.3, 0.4) is 0 Å². The van der Waals surface area contributed by atoms with Crippen LogP contribution in [0.15, 0.2) is 52.5 Å². The molecule has 1 heterocycles. The third kappa shape index (κ3) is 3.42. The van der Waals surface area contributed by atoms with E-state index in [-0.39, 0.29) is 18.1 Å². The lowest BCUT2D eigenvalue weighted by Crippen LogP contribution is -2.18. The van der Waals surface area contributed by atoms with E-state index in [1.165, 1.54) is 12.1 Å². The fraction of sp³-hybridized carbons (Fsp3) is 0.118. The molecular formula is C17H11BrF2O3. The Kier molecular flexibility index (Phi) is 4.43. The number of carbonyl (C=O) groups excluding carboxylic acids is 1. The summed E-state index contributed by atoms with van der Waals surface area (Å²) in [6.45, 7) is -2.86. The molecule has 23 heavy (non-hydrogen) atoms. The van der Waals surface area contributed by atoms with Gasteiger partial charge in [-0.1, -0.05) is 28.1 Å². The molecular weight excluding hydrogens is 370 g/mol. The molecule has 0 radical (unpaired) electrons. The number of halogens is 3. The molecule has 0 N–H and O–H groups in total. The van der Waals surface area contributed by atoms with Crippen molar-refractivity contribution in [3.63, 3.8) is 0 Å².